The van der Waals surface area contributed by atoms with Gasteiger partial charge in [0.25, 0.3) is 0 Å². The van der Waals surface area contributed by atoms with Crippen molar-refractivity contribution in [3.63, 3.8) is 0 Å². The fourth-order valence-electron chi connectivity index (χ4n) is 4.14. The molecule has 5 nitrogen and oxygen atoms in total. The Balaban J connectivity index is 1.69. The van der Waals surface area contributed by atoms with E-state index in [0.717, 1.165) is 22.3 Å². The van der Waals surface area contributed by atoms with Crippen LogP contribution in [0.2, 0.25) is 0 Å². The van der Waals surface area contributed by atoms with Gasteiger partial charge in [0.05, 0.1) is 10.6 Å². The lowest BCUT2D eigenvalue weighted by Gasteiger charge is -2.21. The van der Waals surface area contributed by atoms with Gasteiger partial charge in [-0.1, -0.05) is 65.8 Å². The van der Waals surface area contributed by atoms with Gasteiger partial charge in [0.1, 0.15) is 0 Å². The van der Waals surface area contributed by atoms with Crippen LogP contribution in [-0.2, 0) is 9.84 Å². The molecule has 3 aromatic carbocycles. The van der Waals surface area contributed by atoms with Gasteiger partial charge in [-0.25, -0.2) is 8.42 Å². The maximum Gasteiger partial charge on any atom is 0.175 e. The topological polar surface area (TPSA) is 79.6 Å². The Morgan fingerprint density at radius 2 is 1.47 bits per heavy atom. The number of pyridine rings is 1. The van der Waals surface area contributed by atoms with Gasteiger partial charge >= 0.3 is 0 Å². The van der Waals surface area contributed by atoms with E-state index in [0.29, 0.717) is 17.0 Å². The summed E-state index contributed by atoms with van der Waals surface area (Å²) in [6.45, 7) is 2.09. The molecule has 1 heterocycles. The van der Waals surface area contributed by atoms with Crippen LogP contribution in [0.25, 0.3) is 11.1 Å². The third-order valence-corrected chi connectivity index (χ3v) is 7.15. The highest BCUT2D eigenvalue weighted by atomic mass is 32.2. The summed E-state index contributed by atoms with van der Waals surface area (Å²) >= 11 is 0. The molecule has 4 aromatic rings. The first-order valence-electron chi connectivity index (χ1n) is 10.9. The fraction of sp³-hybridized carbons (Fsp3) is 0.143. The average Bonchev–Trinajstić information content (AvgIpc) is 2.86. The Morgan fingerprint density at radius 3 is 2.03 bits per heavy atom. The molecule has 0 radical (unpaired) electrons. The molecule has 6 heteroatoms. The van der Waals surface area contributed by atoms with Crippen molar-refractivity contribution in [2.45, 2.75) is 24.2 Å². The Morgan fingerprint density at radius 1 is 0.882 bits per heavy atom. The van der Waals surface area contributed by atoms with Crippen molar-refractivity contribution in [3.05, 3.63) is 120 Å². The van der Waals surface area contributed by atoms with E-state index in [1.165, 1.54) is 17.4 Å². The number of aryl methyl sites for hydroxylation is 1. The van der Waals surface area contributed by atoms with E-state index < -0.39 is 9.84 Å². The van der Waals surface area contributed by atoms with E-state index >= 15 is 0 Å². The fourth-order valence-corrected chi connectivity index (χ4v) is 4.77. The third kappa shape index (κ3) is 5.24. The van der Waals surface area contributed by atoms with Crippen molar-refractivity contribution in [2.24, 2.45) is 5.16 Å². The summed E-state index contributed by atoms with van der Waals surface area (Å²) < 4.78 is 23.5. The lowest BCUT2D eigenvalue weighted by molar-refractivity contribution is 0.317. The Kier molecular flexibility index (Phi) is 6.89. The van der Waals surface area contributed by atoms with Crippen molar-refractivity contribution in [1.29, 1.82) is 0 Å². The van der Waals surface area contributed by atoms with Crippen LogP contribution in [0.1, 0.15) is 34.6 Å². The molecule has 34 heavy (non-hydrogen) atoms. The number of aromatic nitrogens is 1. The van der Waals surface area contributed by atoms with E-state index in [4.69, 9.17) is 0 Å². The van der Waals surface area contributed by atoms with Gasteiger partial charge in [-0.05, 0) is 59.0 Å². The molecule has 1 unspecified atom stereocenters. The molecule has 0 aliphatic heterocycles. The van der Waals surface area contributed by atoms with E-state index in [2.05, 4.69) is 41.3 Å². The van der Waals surface area contributed by atoms with Gasteiger partial charge in [-0.3, -0.25) is 4.98 Å². The standard InChI is InChI=1S/C28H26N2O3S/c1-20-5-3-4-6-26(20)27(19-28(30-31)24-15-17-29-18-16-24)23-9-7-21(8-10-23)22-11-13-25(14-12-22)34(2,32)33/h3-18,27,31H,19H2,1-2H3/b30-28+. The van der Waals surface area contributed by atoms with Crippen LogP contribution in [0.5, 0.6) is 0 Å². The highest BCUT2D eigenvalue weighted by Gasteiger charge is 2.20. The summed E-state index contributed by atoms with van der Waals surface area (Å²) in [6, 6.07) is 27.1. The number of rotatable bonds is 7. The molecular weight excluding hydrogens is 444 g/mol. The van der Waals surface area contributed by atoms with Crippen molar-refractivity contribution in [1.82, 2.24) is 4.98 Å². The zero-order valence-electron chi connectivity index (χ0n) is 19.1. The molecule has 0 amide bonds. The summed E-state index contributed by atoms with van der Waals surface area (Å²) in [5.74, 6) is -0.0121. The van der Waals surface area contributed by atoms with Crippen molar-refractivity contribution in [2.75, 3.05) is 6.26 Å². The quantitative estimate of drug-likeness (QED) is 0.208. The molecule has 0 aliphatic carbocycles. The monoisotopic (exact) mass is 470 g/mol. The van der Waals surface area contributed by atoms with E-state index in [-0.39, 0.29) is 5.92 Å². The minimum atomic E-state index is -3.23. The summed E-state index contributed by atoms with van der Waals surface area (Å²) in [5.41, 5.74) is 6.80. The molecule has 1 atom stereocenters. The molecule has 1 N–H and O–H groups in total. The Labute approximate surface area is 200 Å². The summed E-state index contributed by atoms with van der Waals surface area (Å²) in [6.07, 6.45) is 5.10. The second kappa shape index (κ2) is 10.0. The number of nitrogens with zero attached hydrogens (tertiary/aromatic N) is 2. The molecule has 4 rings (SSSR count). The molecule has 172 valence electrons. The molecule has 0 aliphatic rings. The second-order valence-corrected chi connectivity index (χ2v) is 10.3. The number of benzene rings is 3. The van der Waals surface area contributed by atoms with Gasteiger partial charge < -0.3 is 5.21 Å². The smallest absolute Gasteiger partial charge is 0.175 e. The zero-order chi connectivity index (χ0) is 24.1. The van der Waals surface area contributed by atoms with Crippen LogP contribution in [-0.4, -0.2) is 30.6 Å². The van der Waals surface area contributed by atoms with Crippen molar-refractivity contribution >= 4 is 15.5 Å². The van der Waals surface area contributed by atoms with Gasteiger partial charge in [-0.2, -0.15) is 0 Å². The maximum atomic E-state index is 11.7. The molecular formula is C28H26N2O3S. The minimum absolute atomic E-state index is 0.0121. The van der Waals surface area contributed by atoms with Crippen molar-refractivity contribution in [3.8, 4) is 11.1 Å². The van der Waals surface area contributed by atoms with Crippen LogP contribution in [0.3, 0.4) is 0 Å². The first-order valence-corrected chi connectivity index (χ1v) is 12.8. The first kappa shape index (κ1) is 23.4. The van der Waals surface area contributed by atoms with Crippen molar-refractivity contribution < 1.29 is 13.6 Å². The summed E-state index contributed by atoms with van der Waals surface area (Å²) in [7, 11) is -3.23. The Hall–Kier alpha value is -3.77. The van der Waals surface area contributed by atoms with E-state index in [9.17, 15) is 13.6 Å². The lowest BCUT2D eigenvalue weighted by atomic mass is 9.83. The number of sulfone groups is 1. The molecule has 1 aromatic heterocycles. The molecule has 0 fully saturated rings. The normalized spacial score (nSPS) is 12.9. The highest BCUT2D eigenvalue weighted by Crippen LogP contribution is 2.33. The summed E-state index contributed by atoms with van der Waals surface area (Å²) in [5, 5.41) is 13.4. The van der Waals surface area contributed by atoms with Crippen LogP contribution >= 0.6 is 0 Å². The lowest BCUT2D eigenvalue weighted by Crippen LogP contribution is -2.11. The highest BCUT2D eigenvalue weighted by molar-refractivity contribution is 7.90. The third-order valence-electron chi connectivity index (χ3n) is 6.02. The number of hydrogen-bond acceptors (Lipinski definition) is 5. The summed E-state index contributed by atoms with van der Waals surface area (Å²) in [4.78, 5) is 4.36. The molecule has 0 saturated heterocycles. The molecule has 0 spiro atoms. The van der Waals surface area contributed by atoms with Gasteiger partial charge in [-0.15, -0.1) is 0 Å². The zero-order valence-corrected chi connectivity index (χ0v) is 19.9. The number of oxime groups is 1. The first-order chi connectivity index (χ1) is 16.4. The number of hydrogen-bond donors (Lipinski definition) is 1. The second-order valence-electron chi connectivity index (χ2n) is 8.31. The van der Waals surface area contributed by atoms with E-state index in [1.807, 2.05) is 48.5 Å². The van der Waals surface area contributed by atoms with Gasteiger partial charge in [0, 0.05) is 36.6 Å². The van der Waals surface area contributed by atoms with Gasteiger partial charge in [0.15, 0.2) is 9.84 Å². The molecule has 0 saturated carbocycles. The van der Waals surface area contributed by atoms with Crippen LogP contribution < -0.4 is 0 Å². The largest absolute Gasteiger partial charge is 0.411 e. The van der Waals surface area contributed by atoms with Crippen LogP contribution in [0.15, 0.2) is 107 Å². The van der Waals surface area contributed by atoms with Crippen LogP contribution in [0, 0.1) is 6.92 Å². The minimum Gasteiger partial charge on any atom is -0.411 e. The van der Waals surface area contributed by atoms with E-state index in [1.54, 1.807) is 24.5 Å². The predicted octanol–water partition coefficient (Wildman–Crippen LogP) is 5.86. The van der Waals surface area contributed by atoms with Gasteiger partial charge in [0.2, 0.25) is 0 Å². The average molecular weight is 471 g/mol. The SMILES string of the molecule is Cc1ccccc1C(C/C(=N\O)c1ccncc1)c1ccc(-c2ccc(S(C)(=O)=O)cc2)cc1. The predicted molar refractivity (Wildman–Crippen MR) is 135 cm³/mol. The van der Waals surface area contributed by atoms with Crippen LogP contribution in [0.4, 0.5) is 0 Å². The molecule has 0 bridgehead atoms. The maximum absolute atomic E-state index is 11.7. The Bertz CT molecular complexity index is 1400.